The molecule has 1 N–H and O–H groups in total. The number of hydrogen-bond donors (Lipinski definition) is 2. The number of thiol groups is 1. The van der Waals surface area contributed by atoms with Gasteiger partial charge in [0.2, 0.25) is 0 Å². The third kappa shape index (κ3) is 3.47. The molecular formula is C17H16N4OS2. The number of carbonyl (C=O) groups is 1. The number of amidine groups is 1. The Morgan fingerprint density at radius 3 is 2.54 bits per heavy atom. The summed E-state index contributed by atoms with van der Waals surface area (Å²) in [5.74, 6) is -0.252. The van der Waals surface area contributed by atoms with Crippen molar-refractivity contribution in [1.82, 2.24) is 4.90 Å². The van der Waals surface area contributed by atoms with Crippen LogP contribution in [0.25, 0.3) is 0 Å². The van der Waals surface area contributed by atoms with Crippen molar-refractivity contribution in [3.8, 4) is 0 Å². The second kappa shape index (κ2) is 7.11. The topological polar surface area (TPSA) is 59.8 Å². The minimum atomic E-state index is -0.252. The summed E-state index contributed by atoms with van der Waals surface area (Å²) in [6.45, 7) is 0.372. The molecule has 1 aliphatic rings. The zero-order valence-corrected chi connectivity index (χ0v) is 14.7. The Bertz CT molecular complexity index is 807. The van der Waals surface area contributed by atoms with Gasteiger partial charge < -0.3 is 0 Å². The van der Waals surface area contributed by atoms with E-state index in [4.69, 9.17) is 5.41 Å². The summed E-state index contributed by atoms with van der Waals surface area (Å²) in [6, 6.07) is 17.1. The number of benzene rings is 2. The van der Waals surface area contributed by atoms with Crippen molar-refractivity contribution in [3.63, 3.8) is 0 Å². The number of anilines is 1. The Hall–Kier alpha value is -2.25. The molecule has 2 aromatic carbocycles. The summed E-state index contributed by atoms with van der Waals surface area (Å²) >= 11 is 5.48. The van der Waals surface area contributed by atoms with Crippen molar-refractivity contribution >= 4 is 46.2 Å². The number of hydrazone groups is 1. The molecule has 7 heteroatoms. The lowest BCUT2D eigenvalue weighted by atomic mass is 10.2. The SMILES string of the molecule is CN(/N=C1/SC(=N)N(Cc2ccccc2)C1=O)c1ccccc1S. The number of nitrogens with one attached hydrogen (secondary N) is 1. The largest absolute Gasteiger partial charge is 0.287 e. The molecule has 1 heterocycles. The lowest BCUT2D eigenvalue weighted by Gasteiger charge is -2.16. The molecule has 122 valence electrons. The highest BCUT2D eigenvalue weighted by Gasteiger charge is 2.34. The molecule has 0 saturated carbocycles. The fraction of sp³-hybridized carbons (Fsp3) is 0.118. The van der Waals surface area contributed by atoms with Gasteiger partial charge >= 0.3 is 0 Å². The Kier molecular flexibility index (Phi) is 4.92. The lowest BCUT2D eigenvalue weighted by molar-refractivity contribution is -0.120. The quantitative estimate of drug-likeness (QED) is 0.652. The number of hydrogen-bond acceptors (Lipinski definition) is 6. The molecule has 0 unspecified atom stereocenters. The van der Waals surface area contributed by atoms with Crippen LogP contribution in [0, 0.1) is 5.41 Å². The molecule has 1 saturated heterocycles. The molecule has 1 amide bonds. The Morgan fingerprint density at radius 2 is 1.83 bits per heavy atom. The Balaban J connectivity index is 1.79. The van der Waals surface area contributed by atoms with Gasteiger partial charge in [-0.3, -0.25) is 20.1 Å². The van der Waals surface area contributed by atoms with Crippen molar-refractivity contribution in [2.75, 3.05) is 12.1 Å². The number of rotatable bonds is 4. The van der Waals surface area contributed by atoms with Crippen LogP contribution in [0.5, 0.6) is 0 Å². The van der Waals surface area contributed by atoms with Gasteiger partial charge in [-0.1, -0.05) is 42.5 Å². The van der Waals surface area contributed by atoms with Crippen LogP contribution in [-0.2, 0) is 11.3 Å². The normalized spacial score (nSPS) is 16.1. The number of nitrogens with zero attached hydrogens (tertiary/aromatic N) is 3. The van der Waals surface area contributed by atoms with E-state index < -0.39 is 0 Å². The smallest absolute Gasteiger partial charge is 0.281 e. The maximum atomic E-state index is 12.6. The molecule has 0 radical (unpaired) electrons. The van der Waals surface area contributed by atoms with Crippen LogP contribution in [0.1, 0.15) is 5.56 Å². The van der Waals surface area contributed by atoms with E-state index in [-0.39, 0.29) is 16.1 Å². The molecule has 3 rings (SSSR count). The molecule has 24 heavy (non-hydrogen) atoms. The van der Waals surface area contributed by atoms with E-state index in [1.54, 1.807) is 12.1 Å². The number of thioether (sulfide) groups is 1. The van der Waals surface area contributed by atoms with Gasteiger partial charge in [-0.05, 0) is 29.5 Å². The fourth-order valence-electron chi connectivity index (χ4n) is 2.30. The summed E-state index contributed by atoms with van der Waals surface area (Å²) in [5, 5.41) is 14.5. The van der Waals surface area contributed by atoms with Gasteiger partial charge in [-0.2, -0.15) is 5.10 Å². The molecule has 0 aromatic heterocycles. The van der Waals surface area contributed by atoms with Crippen LogP contribution in [0.2, 0.25) is 0 Å². The van der Waals surface area contributed by atoms with Crippen LogP contribution < -0.4 is 5.01 Å². The Morgan fingerprint density at radius 1 is 1.17 bits per heavy atom. The molecule has 0 aliphatic carbocycles. The van der Waals surface area contributed by atoms with Crippen LogP contribution in [0.3, 0.4) is 0 Å². The number of amides is 1. The summed E-state index contributed by atoms with van der Waals surface area (Å²) in [5.41, 5.74) is 1.78. The van der Waals surface area contributed by atoms with Crippen molar-refractivity contribution in [3.05, 3.63) is 60.2 Å². The molecule has 2 aromatic rings. The van der Waals surface area contributed by atoms with Gasteiger partial charge in [0.1, 0.15) is 0 Å². The molecule has 1 fully saturated rings. The average Bonchev–Trinajstić information content (AvgIpc) is 2.84. The molecular weight excluding hydrogens is 340 g/mol. The van der Waals surface area contributed by atoms with Crippen molar-refractivity contribution in [2.45, 2.75) is 11.4 Å². The van der Waals surface area contributed by atoms with Crippen molar-refractivity contribution < 1.29 is 4.79 Å². The van der Waals surface area contributed by atoms with Crippen molar-refractivity contribution in [1.29, 1.82) is 5.41 Å². The second-order valence-corrected chi connectivity index (χ2v) is 6.66. The van der Waals surface area contributed by atoms with Gasteiger partial charge in [-0.25, -0.2) is 0 Å². The first-order chi connectivity index (χ1) is 11.6. The fourth-order valence-corrected chi connectivity index (χ4v) is 3.41. The summed E-state index contributed by atoms with van der Waals surface area (Å²) in [4.78, 5) is 14.8. The van der Waals surface area contributed by atoms with E-state index in [9.17, 15) is 4.79 Å². The first kappa shape index (κ1) is 16.6. The van der Waals surface area contributed by atoms with Gasteiger partial charge in [0, 0.05) is 11.9 Å². The highest BCUT2D eigenvalue weighted by molar-refractivity contribution is 8.28. The molecule has 0 spiro atoms. The van der Waals surface area contributed by atoms with Crippen LogP contribution in [-0.4, -0.2) is 28.1 Å². The molecule has 0 bridgehead atoms. The van der Waals surface area contributed by atoms with Crippen LogP contribution in [0.4, 0.5) is 5.69 Å². The zero-order chi connectivity index (χ0) is 17.1. The lowest BCUT2D eigenvalue weighted by Crippen LogP contribution is -2.30. The second-order valence-electron chi connectivity index (χ2n) is 5.20. The molecule has 1 aliphatic heterocycles. The predicted octanol–water partition coefficient (Wildman–Crippen LogP) is 3.44. The van der Waals surface area contributed by atoms with Gasteiger partial charge in [0.15, 0.2) is 10.2 Å². The van der Waals surface area contributed by atoms with E-state index in [1.807, 2.05) is 54.6 Å². The Labute approximate surface area is 150 Å². The first-order valence-electron chi connectivity index (χ1n) is 7.29. The van der Waals surface area contributed by atoms with Crippen molar-refractivity contribution in [2.24, 2.45) is 5.10 Å². The number of carbonyl (C=O) groups excluding carboxylic acids is 1. The highest BCUT2D eigenvalue weighted by atomic mass is 32.2. The minimum Gasteiger partial charge on any atom is -0.281 e. The molecule has 5 nitrogen and oxygen atoms in total. The average molecular weight is 356 g/mol. The number of para-hydroxylation sites is 1. The molecule has 0 atom stereocenters. The highest BCUT2D eigenvalue weighted by Crippen LogP contribution is 2.27. The first-order valence-corrected chi connectivity index (χ1v) is 8.55. The zero-order valence-electron chi connectivity index (χ0n) is 13.0. The van der Waals surface area contributed by atoms with Gasteiger partial charge in [0.25, 0.3) is 5.91 Å². The summed E-state index contributed by atoms with van der Waals surface area (Å²) in [7, 11) is 1.76. The maximum Gasteiger partial charge on any atom is 0.287 e. The van der Waals surface area contributed by atoms with Crippen LogP contribution >= 0.6 is 24.4 Å². The summed E-state index contributed by atoms with van der Waals surface area (Å²) in [6.07, 6.45) is 0. The van der Waals surface area contributed by atoms with E-state index in [0.29, 0.717) is 6.54 Å². The van der Waals surface area contributed by atoms with E-state index in [0.717, 1.165) is 27.9 Å². The monoisotopic (exact) mass is 356 g/mol. The van der Waals surface area contributed by atoms with E-state index in [1.165, 1.54) is 4.90 Å². The maximum absolute atomic E-state index is 12.6. The van der Waals surface area contributed by atoms with Gasteiger partial charge in [0.05, 0.1) is 12.2 Å². The standard InChI is InChI=1S/C17H16N4OS2/c1-20(13-9-5-6-10-14(13)23)19-15-16(22)21(17(18)24-15)11-12-7-3-2-4-8-12/h2-10,18,23H,11H2,1H3/b18-17?,19-15+. The van der Waals surface area contributed by atoms with E-state index >= 15 is 0 Å². The van der Waals surface area contributed by atoms with E-state index in [2.05, 4.69) is 17.7 Å². The van der Waals surface area contributed by atoms with Crippen LogP contribution in [0.15, 0.2) is 64.6 Å². The third-order valence-electron chi connectivity index (χ3n) is 3.52. The minimum absolute atomic E-state index is 0.190. The van der Waals surface area contributed by atoms with Gasteiger partial charge in [-0.15, -0.1) is 12.6 Å². The third-order valence-corrected chi connectivity index (χ3v) is 4.76. The predicted molar refractivity (Wildman–Crippen MR) is 102 cm³/mol. The summed E-state index contributed by atoms with van der Waals surface area (Å²) < 4.78 is 0.